The number of esters is 1. The molecule has 1 unspecified atom stereocenters. The zero-order valence-corrected chi connectivity index (χ0v) is 15.6. The van der Waals surface area contributed by atoms with Gasteiger partial charge in [-0.25, -0.2) is 4.79 Å². The SMILES string of the molecule is COC(=O)C1CCCCN1C(=O)/C=C/c1cc(OC)c(OC)c(OC)c1. The first-order valence-electron chi connectivity index (χ1n) is 8.42. The fourth-order valence-electron chi connectivity index (χ4n) is 3.04. The molecule has 0 radical (unpaired) electrons. The highest BCUT2D eigenvalue weighted by molar-refractivity contribution is 5.95. The maximum Gasteiger partial charge on any atom is 0.328 e. The zero-order valence-electron chi connectivity index (χ0n) is 15.6. The molecule has 142 valence electrons. The minimum Gasteiger partial charge on any atom is -0.493 e. The predicted molar refractivity (Wildman–Crippen MR) is 96.5 cm³/mol. The number of amides is 1. The lowest BCUT2D eigenvalue weighted by Gasteiger charge is -2.32. The number of methoxy groups -OCH3 is 4. The van der Waals surface area contributed by atoms with E-state index >= 15 is 0 Å². The van der Waals surface area contributed by atoms with Crippen LogP contribution in [0, 0.1) is 0 Å². The minimum absolute atomic E-state index is 0.228. The lowest BCUT2D eigenvalue weighted by atomic mass is 10.0. The molecule has 1 atom stereocenters. The molecule has 1 aliphatic heterocycles. The third-order valence-electron chi connectivity index (χ3n) is 4.36. The Hall–Kier alpha value is -2.70. The second-order valence-electron chi connectivity index (χ2n) is 5.86. The van der Waals surface area contributed by atoms with Crippen LogP contribution in [0.25, 0.3) is 6.08 Å². The molecule has 0 bridgehead atoms. The van der Waals surface area contributed by atoms with Crippen molar-refractivity contribution < 1.29 is 28.5 Å². The summed E-state index contributed by atoms with van der Waals surface area (Å²) >= 11 is 0. The van der Waals surface area contributed by atoms with E-state index in [-0.39, 0.29) is 11.9 Å². The van der Waals surface area contributed by atoms with Gasteiger partial charge in [-0.05, 0) is 43.0 Å². The van der Waals surface area contributed by atoms with Gasteiger partial charge >= 0.3 is 5.97 Å². The molecule has 0 spiro atoms. The van der Waals surface area contributed by atoms with E-state index in [0.29, 0.717) is 30.2 Å². The Morgan fingerprint density at radius 3 is 2.23 bits per heavy atom. The van der Waals surface area contributed by atoms with Crippen molar-refractivity contribution in [3.8, 4) is 17.2 Å². The molecule has 0 aliphatic carbocycles. The topological polar surface area (TPSA) is 74.3 Å². The molecule has 7 heteroatoms. The summed E-state index contributed by atoms with van der Waals surface area (Å²) in [5, 5.41) is 0. The van der Waals surface area contributed by atoms with E-state index < -0.39 is 6.04 Å². The summed E-state index contributed by atoms with van der Waals surface area (Å²) in [6.07, 6.45) is 5.51. The lowest BCUT2D eigenvalue weighted by molar-refractivity contribution is -0.153. The average molecular weight is 363 g/mol. The zero-order chi connectivity index (χ0) is 19.1. The number of carbonyl (C=O) groups is 2. The number of nitrogens with zero attached hydrogens (tertiary/aromatic N) is 1. The highest BCUT2D eigenvalue weighted by Gasteiger charge is 2.31. The quantitative estimate of drug-likeness (QED) is 0.570. The van der Waals surface area contributed by atoms with Crippen molar-refractivity contribution in [2.75, 3.05) is 35.0 Å². The van der Waals surface area contributed by atoms with Crippen LogP contribution >= 0.6 is 0 Å². The Morgan fingerprint density at radius 1 is 1.04 bits per heavy atom. The van der Waals surface area contributed by atoms with Gasteiger partial charge in [0.1, 0.15) is 6.04 Å². The van der Waals surface area contributed by atoms with Gasteiger partial charge < -0.3 is 23.8 Å². The predicted octanol–water partition coefficient (Wildman–Crippen LogP) is 2.28. The van der Waals surface area contributed by atoms with Gasteiger partial charge in [0.2, 0.25) is 11.7 Å². The van der Waals surface area contributed by atoms with Crippen LogP contribution in [0.15, 0.2) is 18.2 Å². The molecular formula is C19H25NO6. The van der Waals surface area contributed by atoms with Gasteiger partial charge in [-0.2, -0.15) is 0 Å². The number of hydrogen-bond donors (Lipinski definition) is 0. The van der Waals surface area contributed by atoms with Crippen molar-refractivity contribution in [3.63, 3.8) is 0 Å². The molecule has 1 aromatic rings. The van der Waals surface area contributed by atoms with Gasteiger partial charge in [-0.3, -0.25) is 4.79 Å². The van der Waals surface area contributed by atoms with Crippen LogP contribution in [-0.2, 0) is 14.3 Å². The number of rotatable bonds is 6. The van der Waals surface area contributed by atoms with E-state index in [9.17, 15) is 9.59 Å². The summed E-state index contributed by atoms with van der Waals surface area (Å²) in [6, 6.07) is 2.98. The van der Waals surface area contributed by atoms with Crippen LogP contribution in [0.1, 0.15) is 24.8 Å². The molecule has 1 aliphatic rings. The molecule has 0 saturated carbocycles. The first-order chi connectivity index (χ1) is 12.5. The van der Waals surface area contributed by atoms with Crippen molar-refractivity contribution in [2.45, 2.75) is 25.3 Å². The van der Waals surface area contributed by atoms with Gasteiger partial charge in [0.15, 0.2) is 11.5 Å². The Morgan fingerprint density at radius 2 is 1.69 bits per heavy atom. The van der Waals surface area contributed by atoms with E-state index in [0.717, 1.165) is 18.4 Å². The third-order valence-corrected chi connectivity index (χ3v) is 4.36. The van der Waals surface area contributed by atoms with Gasteiger partial charge in [0.25, 0.3) is 0 Å². The van der Waals surface area contributed by atoms with E-state index in [2.05, 4.69) is 0 Å². The Balaban J connectivity index is 2.22. The Labute approximate surface area is 153 Å². The number of piperidine rings is 1. The van der Waals surface area contributed by atoms with E-state index in [1.54, 1.807) is 23.1 Å². The fourth-order valence-corrected chi connectivity index (χ4v) is 3.04. The molecule has 1 amide bonds. The largest absolute Gasteiger partial charge is 0.493 e. The molecule has 1 aromatic carbocycles. The fraction of sp³-hybridized carbons (Fsp3) is 0.474. The lowest BCUT2D eigenvalue weighted by Crippen LogP contribution is -2.47. The first-order valence-corrected chi connectivity index (χ1v) is 8.42. The highest BCUT2D eigenvalue weighted by atomic mass is 16.5. The van der Waals surface area contributed by atoms with E-state index in [1.807, 2.05) is 0 Å². The van der Waals surface area contributed by atoms with Gasteiger partial charge in [0, 0.05) is 12.6 Å². The maximum atomic E-state index is 12.6. The van der Waals surface area contributed by atoms with Gasteiger partial charge in [-0.1, -0.05) is 0 Å². The summed E-state index contributed by atoms with van der Waals surface area (Å²) in [6.45, 7) is 0.540. The molecule has 0 aromatic heterocycles. The summed E-state index contributed by atoms with van der Waals surface area (Å²) in [5.74, 6) is 0.891. The third kappa shape index (κ3) is 4.28. The van der Waals surface area contributed by atoms with Gasteiger partial charge in [-0.15, -0.1) is 0 Å². The monoisotopic (exact) mass is 363 g/mol. The van der Waals surface area contributed by atoms with Crippen molar-refractivity contribution in [2.24, 2.45) is 0 Å². The first kappa shape index (κ1) is 19.6. The summed E-state index contributed by atoms with van der Waals surface area (Å²) in [5.41, 5.74) is 0.722. The molecule has 1 fully saturated rings. The van der Waals surface area contributed by atoms with Crippen LogP contribution in [0.5, 0.6) is 17.2 Å². The van der Waals surface area contributed by atoms with Crippen LogP contribution in [0.4, 0.5) is 0 Å². The maximum absolute atomic E-state index is 12.6. The average Bonchev–Trinajstić information content (AvgIpc) is 2.70. The smallest absolute Gasteiger partial charge is 0.328 e. The summed E-state index contributed by atoms with van der Waals surface area (Å²) in [4.78, 5) is 26.0. The highest BCUT2D eigenvalue weighted by Crippen LogP contribution is 2.38. The molecule has 2 rings (SSSR count). The van der Waals surface area contributed by atoms with Crippen molar-refractivity contribution in [1.29, 1.82) is 0 Å². The second kappa shape index (κ2) is 9.12. The normalized spacial score (nSPS) is 17.1. The van der Waals surface area contributed by atoms with Crippen molar-refractivity contribution >= 4 is 18.0 Å². The van der Waals surface area contributed by atoms with Gasteiger partial charge in [0.05, 0.1) is 28.4 Å². The second-order valence-corrected chi connectivity index (χ2v) is 5.86. The Kier molecular flexibility index (Phi) is 6.89. The molecule has 7 nitrogen and oxygen atoms in total. The number of likely N-dealkylation sites (tertiary alicyclic amines) is 1. The number of ether oxygens (including phenoxy) is 4. The molecule has 0 N–H and O–H groups in total. The van der Waals surface area contributed by atoms with Crippen molar-refractivity contribution in [1.82, 2.24) is 4.90 Å². The molecule has 1 saturated heterocycles. The van der Waals surface area contributed by atoms with Crippen LogP contribution in [-0.4, -0.2) is 57.8 Å². The standard InChI is InChI=1S/C19H25NO6/c1-23-15-11-13(12-16(24-2)18(15)25-3)8-9-17(21)20-10-6-5-7-14(20)19(22)26-4/h8-9,11-12,14H,5-7,10H2,1-4H3/b9-8+. The molecule has 1 heterocycles. The van der Waals surface area contributed by atoms with Crippen molar-refractivity contribution in [3.05, 3.63) is 23.8 Å². The van der Waals surface area contributed by atoms with Crippen LogP contribution in [0.2, 0.25) is 0 Å². The summed E-state index contributed by atoms with van der Waals surface area (Å²) in [7, 11) is 5.93. The minimum atomic E-state index is -0.522. The number of hydrogen-bond acceptors (Lipinski definition) is 6. The van der Waals surface area contributed by atoms with Crippen LogP contribution < -0.4 is 14.2 Å². The number of carbonyl (C=O) groups excluding carboxylic acids is 2. The number of benzene rings is 1. The molecule has 26 heavy (non-hydrogen) atoms. The van der Waals surface area contributed by atoms with E-state index in [1.165, 1.54) is 34.5 Å². The van der Waals surface area contributed by atoms with E-state index in [4.69, 9.17) is 18.9 Å². The van der Waals surface area contributed by atoms with Crippen LogP contribution in [0.3, 0.4) is 0 Å². The summed E-state index contributed by atoms with van der Waals surface area (Å²) < 4.78 is 20.7. The molecular weight excluding hydrogens is 338 g/mol. The Bertz CT molecular complexity index is 660.